The largest absolute Gasteiger partial charge is 0.494 e. The van der Waals surface area contributed by atoms with Gasteiger partial charge in [0, 0.05) is 6.54 Å². The molecule has 0 amide bonds. The molecule has 1 unspecified atom stereocenters. The molecule has 1 aliphatic rings. The first kappa shape index (κ1) is 28.0. The lowest BCUT2D eigenvalue weighted by Gasteiger charge is -2.30. The van der Waals surface area contributed by atoms with E-state index in [0.29, 0.717) is 0 Å². The Hall–Kier alpha value is -2.08. The minimum atomic E-state index is -1.82. The van der Waals surface area contributed by atoms with Gasteiger partial charge in [0.1, 0.15) is 5.75 Å². The molecular weight excluding hydrogens is 406 g/mol. The number of hydrogen-bond donors (Lipinski definition) is 2. The summed E-state index contributed by atoms with van der Waals surface area (Å²) in [6, 6.07) is 8.71. The van der Waals surface area contributed by atoms with Crippen LogP contribution in [0.3, 0.4) is 0 Å². The highest BCUT2D eigenvalue weighted by molar-refractivity contribution is 6.27. The Morgan fingerprint density at radius 1 is 1.03 bits per heavy atom. The zero-order valence-corrected chi connectivity index (χ0v) is 20.4. The monoisotopic (exact) mass is 449 g/mol. The Bertz CT molecular complexity index is 659. The number of benzene rings is 1. The molecule has 1 aromatic rings. The topological polar surface area (TPSA) is 87.1 Å². The molecule has 0 aromatic heterocycles. The van der Waals surface area contributed by atoms with Crippen LogP contribution in [-0.2, 0) is 15.0 Å². The SMILES string of the molecule is CCC(C)(C)c1ccc(OCCCCCCCN2CCCC(C)C2)cc1.O=C(O)C(=O)O. The van der Waals surface area contributed by atoms with Crippen LogP contribution < -0.4 is 4.74 Å². The Labute approximate surface area is 194 Å². The third-order valence-electron chi connectivity index (χ3n) is 6.33. The summed E-state index contributed by atoms with van der Waals surface area (Å²) in [5.41, 5.74) is 1.65. The van der Waals surface area contributed by atoms with Crippen LogP contribution in [0.25, 0.3) is 0 Å². The van der Waals surface area contributed by atoms with Gasteiger partial charge in [0.15, 0.2) is 0 Å². The fourth-order valence-corrected chi connectivity index (χ4v) is 3.85. The summed E-state index contributed by atoms with van der Waals surface area (Å²) in [6.45, 7) is 14.0. The van der Waals surface area contributed by atoms with Crippen molar-refractivity contribution < 1.29 is 24.5 Å². The fourth-order valence-electron chi connectivity index (χ4n) is 3.85. The van der Waals surface area contributed by atoms with Crippen LogP contribution in [-0.4, -0.2) is 53.3 Å². The van der Waals surface area contributed by atoms with E-state index < -0.39 is 11.9 Å². The third kappa shape index (κ3) is 11.5. The summed E-state index contributed by atoms with van der Waals surface area (Å²) >= 11 is 0. The van der Waals surface area contributed by atoms with Gasteiger partial charge >= 0.3 is 11.9 Å². The molecule has 182 valence electrons. The number of carboxylic acids is 2. The molecular formula is C26H43NO5. The van der Waals surface area contributed by atoms with E-state index in [1.54, 1.807) is 0 Å². The number of unbranched alkanes of at least 4 members (excludes halogenated alkanes) is 4. The van der Waals surface area contributed by atoms with E-state index in [2.05, 4.69) is 56.9 Å². The minimum Gasteiger partial charge on any atom is -0.494 e. The molecule has 2 rings (SSSR count). The molecule has 0 aliphatic carbocycles. The number of piperidine rings is 1. The van der Waals surface area contributed by atoms with Crippen molar-refractivity contribution in [1.29, 1.82) is 0 Å². The van der Waals surface area contributed by atoms with Gasteiger partial charge in [-0.3, -0.25) is 0 Å². The van der Waals surface area contributed by atoms with Crippen LogP contribution in [0, 0.1) is 5.92 Å². The van der Waals surface area contributed by atoms with Gasteiger partial charge in [-0.2, -0.15) is 0 Å². The summed E-state index contributed by atoms with van der Waals surface area (Å²) in [6.07, 6.45) is 10.5. The standard InChI is InChI=1S/C24H41NO.C2H2O4/c1-5-24(3,4)22-13-15-23(16-14-22)26-19-10-8-6-7-9-17-25-18-11-12-21(2)20-25;3-1(4)2(5)6/h13-16,21H,5-12,17-20H2,1-4H3;(H,3,4)(H,5,6). The number of hydrogen-bond acceptors (Lipinski definition) is 4. The number of carbonyl (C=O) groups is 2. The predicted octanol–water partition coefficient (Wildman–Crippen LogP) is 5.59. The number of nitrogens with zero attached hydrogens (tertiary/aromatic N) is 1. The molecule has 6 heteroatoms. The van der Waals surface area contributed by atoms with Crippen LogP contribution in [0.5, 0.6) is 5.75 Å². The van der Waals surface area contributed by atoms with E-state index in [1.807, 2.05) is 0 Å². The van der Waals surface area contributed by atoms with Crippen LogP contribution in [0.15, 0.2) is 24.3 Å². The van der Waals surface area contributed by atoms with E-state index >= 15 is 0 Å². The lowest BCUT2D eigenvalue weighted by molar-refractivity contribution is -0.159. The second-order valence-electron chi connectivity index (χ2n) is 9.54. The van der Waals surface area contributed by atoms with Gasteiger partial charge in [-0.15, -0.1) is 0 Å². The van der Waals surface area contributed by atoms with Crippen molar-refractivity contribution in [3.63, 3.8) is 0 Å². The molecule has 1 aromatic carbocycles. The first-order valence-electron chi connectivity index (χ1n) is 12.1. The number of likely N-dealkylation sites (tertiary alicyclic amines) is 1. The second-order valence-corrected chi connectivity index (χ2v) is 9.54. The zero-order chi connectivity index (χ0) is 24.0. The molecule has 0 bridgehead atoms. The van der Waals surface area contributed by atoms with Gasteiger partial charge in [-0.25, -0.2) is 9.59 Å². The Balaban J connectivity index is 0.000000751. The number of aliphatic carboxylic acids is 2. The molecule has 0 radical (unpaired) electrons. The van der Waals surface area contributed by atoms with Crippen LogP contribution in [0.1, 0.15) is 84.6 Å². The normalized spacial score (nSPS) is 16.7. The van der Waals surface area contributed by atoms with Crippen molar-refractivity contribution in [2.45, 2.75) is 84.5 Å². The number of rotatable bonds is 11. The van der Waals surface area contributed by atoms with Crippen molar-refractivity contribution >= 4 is 11.9 Å². The second kappa shape index (κ2) is 14.9. The molecule has 0 saturated carbocycles. The molecule has 1 saturated heterocycles. The van der Waals surface area contributed by atoms with Crippen LogP contribution >= 0.6 is 0 Å². The average molecular weight is 450 g/mol. The molecule has 1 heterocycles. The minimum absolute atomic E-state index is 0.255. The maximum atomic E-state index is 9.10. The maximum Gasteiger partial charge on any atom is 0.414 e. The summed E-state index contributed by atoms with van der Waals surface area (Å²) in [5.74, 6) is -1.73. The third-order valence-corrected chi connectivity index (χ3v) is 6.33. The molecule has 1 aliphatic heterocycles. The smallest absolute Gasteiger partial charge is 0.414 e. The average Bonchev–Trinajstić information content (AvgIpc) is 2.76. The van der Waals surface area contributed by atoms with Crippen molar-refractivity contribution in [3.05, 3.63) is 29.8 Å². The van der Waals surface area contributed by atoms with E-state index in [9.17, 15) is 0 Å². The van der Waals surface area contributed by atoms with Crippen molar-refractivity contribution in [2.75, 3.05) is 26.2 Å². The number of ether oxygens (including phenoxy) is 1. The quantitative estimate of drug-likeness (QED) is 0.338. The first-order valence-corrected chi connectivity index (χ1v) is 12.1. The summed E-state index contributed by atoms with van der Waals surface area (Å²) in [4.78, 5) is 20.9. The lowest BCUT2D eigenvalue weighted by Crippen LogP contribution is -2.34. The summed E-state index contributed by atoms with van der Waals surface area (Å²) in [7, 11) is 0. The molecule has 1 atom stereocenters. The molecule has 6 nitrogen and oxygen atoms in total. The van der Waals surface area contributed by atoms with E-state index in [0.717, 1.165) is 24.7 Å². The Kier molecular flexibility index (Phi) is 13.0. The van der Waals surface area contributed by atoms with Gasteiger partial charge in [-0.1, -0.05) is 59.1 Å². The van der Waals surface area contributed by atoms with Gasteiger partial charge in [0.25, 0.3) is 0 Å². The highest BCUT2D eigenvalue weighted by Gasteiger charge is 2.17. The van der Waals surface area contributed by atoms with Crippen molar-refractivity contribution in [1.82, 2.24) is 4.90 Å². The maximum absolute atomic E-state index is 9.10. The number of carboxylic acid groups (broad SMARTS) is 2. The molecule has 32 heavy (non-hydrogen) atoms. The Morgan fingerprint density at radius 3 is 2.19 bits per heavy atom. The van der Waals surface area contributed by atoms with Crippen molar-refractivity contribution in [3.8, 4) is 5.75 Å². The van der Waals surface area contributed by atoms with Gasteiger partial charge < -0.3 is 19.8 Å². The lowest BCUT2D eigenvalue weighted by atomic mass is 9.82. The van der Waals surface area contributed by atoms with Gasteiger partial charge in [-0.05, 0) is 74.2 Å². The highest BCUT2D eigenvalue weighted by atomic mass is 16.5. The first-order chi connectivity index (χ1) is 15.2. The van der Waals surface area contributed by atoms with Crippen LogP contribution in [0.2, 0.25) is 0 Å². The van der Waals surface area contributed by atoms with Gasteiger partial charge in [0.2, 0.25) is 0 Å². The molecule has 0 spiro atoms. The van der Waals surface area contributed by atoms with Crippen molar-refractivity contribution in [2.24, 2.45) is 5.92 Å². The van der Waals surface area contributed by atoms with Crippen LogP contribution in [0.4, 0.5) is 0 Å². The van der Waals surface area contributed by atoms with E-state index in [-0.39, 0.29) is 5.41 Å². The van der Waals surface area contributed by atoms with E-state index in [4.69, 9.17) is 24.5 Å². The highest BCUT2D eigenvalue weighted by Crippen LogP contribution is 2.28. The molecule has 1 fully saturated rings. The summed E-state index contributed by atoms with van der Waals surface area (Å²) in [5, 5.41) is 14.8. The van der Waals surface area contributed by atoms with E-state index in [1.165, 1.54) is 70.1 Å². The van der Waals surface area contributed by atoms with Gasteiger partial charge in [0.05, 0.1) is 6.61 Å². The predicted molar refractivity (Wildman–Crippen MR) is 128 cm³/mol. The molecule has 2 N–H and O–H groups in total. The Morgan fingerprint density at radius 2 is 1.62 bits per heavy atom. The zero-order valence-electron chi connectivity index (χ0n) is 20.4. The summed E-state index contributed by atoms with van der Waals surface area (Å²) < 4.78 is 5.91. The fraction of sp³-hybridized carbons (Fsp3) is 0.692.